The lowest BCUT2D eigenvalue weighted by atomic mass is 10.3. The van der Waals surface area contributed by atoms with E-state index in [1.807, 2.05) is 23.4 Å². The highest BCUT2D eigenvalue weighted by Gasteiger charge is 2.19. The largest absolute Gasteiger partial charge is 0.355 e. The summed E-state index contributed by atoms with van der Waals surface area (Å²) in [5, 5.41) is 7.36. The van der Waals surface area contributed by atoms with E-state index in [2.05, 4.69) is 21.4 Å². The van der Waals surface area contributed by atoms with Crippen LogP contribution in [0.1, 0.15) is 24.7 Å². The number of hydrogen-bond acceptors (Lipinski definition) is 4. The fourth-order valence-corrected chi connectivity index (χ4v) is 2.84. The van der Waals surface area contributed by atoms with Crippen molar-refractivity contribution in [1.82, 2.24) is 24.9 Å². The van der Waals surface area contributed by atoms with E-state index in [4.69, 9.17) is 0 Å². The van der Waals surface area contributed by atoms with E-state index in [1.165, 1.54) is 0 Å². The summed E-state index contributed by atoms with van der Waals surface area (Å²) in [5.41, 5.74) is 2.17. The van der Waals surface area contributed by atoms with Gasteiger partial charge in [0.2, 0.25) is 11.8 Å². The molecule has 1 aromatic rings. The van der Waals surface area contributed by atoms with E-state index in [1.54, 1.807) is 6.92 Å². The molecule has 2 amide bonds. The Labute approximate surface area is 137 Å². The van der Waals surface area contributed by atoms with E-state index in [0.717, 1.165) is 37.4 Å². The second-order valence-corrected chi connectivity index (χ2v) is 6.14. The molecule has 0 radical (unpaired) electrons. The zero-order valence-corrected chi connectivity index (χ0v) is 14.3. The molecule has 0 saturated carbocycles. The maximum atomic E-state index is 12.0. The standard InChI is InChI=1S/C16H27N5O2/c1-13-11-14(2)21(18-13)6-4-5-17-16(23)12-19-7-9-20(10-8-19)15(3)22/h11H,4-10,12H2,1-3H3,(H,17,23). The van der Waals surface area contributed by atoms with Gasteiger partial charge in [0.15, 0.2) is 0 Å². The van der Waals surface area contributed by atoms with Gasteiger partial charge in [0.25, 0.3) is 0 Å². The first-order valence-corrected chi connectivity index (χ1v) is 8.21. The second-order valence-electron chi connectivity index (χ2n) is 6.14. The monoisotopic (exact) mass is 321 g/mol. The maximum Gasteiger partial charge on any atom is 0.234 e. The van der Waals surface area contributed by atoms with Crippen molar-refractivity contribution in [2.75, 3.05) is 39.3 Å². The molecular weight excluding hydrogens is 294 g/mol. The van der Waals surface area contributed by atoms with Gasteiger partial charge in [-0.3, -0.25) is 19.2 Å². The first kappa shape index (κ1) is 17.5. The van der Waals surface area contributed by atoms with Crippen molar-refractivity contribution < 1.29 is 9.59 Å². The summed E-state index contributed by atoms with van der Waals surface area (Å²) < 4.78 is 1.97. The molecule has 23 heavy (non-hydrogen) atoms. The number of amides is 2. The van der Waals surface area contributed by atoms with Crippen molar-refractivity contribution >= 4 is 11.8 Å². The molecule has 0 bridgehead atoms. The predicted molar refractivity (Wildman–Crippen MR) is 88.0 cm³/mol. The van der Waals surface area contributed by atoms with Crippen molar-refractivity contribution in [3.63, 3.8) is 0 Å². The number of nitrogens with zero attached hydrogens (tertiary/aromatic N) is 4. The molecule has 2 heterocycles. The molecule has 7 heteroatoms. The van der Waals surface area contributed by atoms with Crippen LogP contribution in [0.3, 0.4) is 0 Å². The quantitative estimate of drug-likeness (QED) is 0.758. The molecule has 1 aliphatic heterocycles. The summed E-state index contributed by atoms with van der Waals surface area (Å²) in [6.07, 6.45) is 0.867. The average molecular weight is 321 g/mol. The van der Waals surface area contributed by atoms with Crippen LogP contribution in [0, 0.1) is 13.8 Å². The lowest BCUT2D eigenvalue weighted by Crippen LogP contribution is -2.50. The average Bonchev–Trinajstić information content (AvgIpc) is 2.82. The smallest absolute Gasteiger partial charge is 0.234 e. The number of hydrogen-bond donors (Lipinski definition) is 1. The van der Waals surface area contributed by atoms with Crippen LogP contribution in [0.25, 0.3) is 0 Å². The number of aromatic nitrogens is 2. The number of nitrogens with one attached hydrogen (secondary N) is 1. The molecule has 0 aliphatic carbocycles. The van der Waals surface area contributed by atoms with Crippen molar-refractivity contribution in [2.24, 2.45) is 0 Å². The SMILES string of the molecule is CC(=O)N1CCN(CC(=O)NCCCn2nc(C)cc2C)CC1. The van der Waals surface area contributed by atoms with E-state index in [9.17, 15) is 9.59 Å². The highest BCUT2D eigenvalue weighted by Crippen LogP contribution is 2.03. The van der Waals surface area contributed by atoms with E-state index in [0.29, 0.717) is 26.2 Å². The zero-order valence-electron chi connectivity index (χ0n) is 14.3. The molecule has 0 unspecified atom stereocenters. The van der Waals surface area contributed by atoms with Crippen LogP contribution < -0.4 is 5.32 Å². The zero-order chi connectivity index (χ0) is 16.8. The number of carbonyl (C=O) groups excluding carboxylic acids is 2. The van der Waals surface area contributed by atoms with Crippen LogP contribution in [0.5, 0.6) is 0 Å². The van der Waals surface area contributed by atoms with Gasteiger partial charge in [0.05, 0.1) is 12.2 Å². The Morgan fingerprint density at radius 1 is 1.22 bits per heavy atom. The summed E-state index contributed by atoms with van der Waals surface area (Å²) in [6, 6.07) is 2.05. The van der Waals surface area contributed by atoms with Crippen molar-refractivity contribution in [1.29, 1.82) is 0 Å². The highest BCUT2D eigenvalue weighted by molar-refractivity contribution is 5.78. The van der Waals surface area contributed by atoms with Crippen LogP contribution in [0.15, 0.2) is 6.07 Å². The highest BCUT2D eigenvalue weighted by atomic mass is 16.2. The van der Waals surface area contributed by atoms with Crippen LogP contribution in [0.4, 0.5) is 0 Å². The predicted octanol–water partition coefficient (Wildman–Crippen LogP) is 0.170. The van der Waals surface area contributed by atoms with Crippen LogP contribution in [0.2, 0.25) is 0 Å². The maximum absolute atomic E-state index is 12.0. The third-order valence-electron chi connectivity index (χ3n) is 4.16. The Bertz CT molecular complexity index is 547. The second kappa shape index (κ2) is 8.10. The van der Waals surface area contributed by atoms with Crippen LogP contribution in [-0.2, 0) is 16.1 Å². The molecule has 1 saturated heterocycles. The molecule has 128 valence electrons. The van der Waals surface area contributed by atoms with Crippen LogP contribution >= 0.6 is 0 Å². The van der Waals surface area contributed by atoms with E-state index < -0.39 is 0 Å². The first-order valence-electron chi connectivity index (χ1n) is 8.21. The topological polar surface area (TPSA) is 70.5 Å². The van der Waals surface area contributed by atoms with Gasteiger partial charge in [-0.05, 0) is 26.3 Å². The van der Waals surface area contributed by atoms with Crippen molar-refractivity contribution in [2.45, 2.75) is 33.7 Å². The van der Waals surface area contributed by atoms with Crippen molar-refractivity contribution in [3.05, 3.63) is 17.5 Å². The molecule has 0 spiro atoms. The lowest BCUT2D eigenvalue weighted by Gasteiger charge is -2.33. The van der Waals surface area contributed by atoms with Gasteiger partial charge in [-0.2, -0.15) is 5.10 Å². The fraction of sp³-hybridized carbons (Fsp3) is 0.688. The normalized spacial score (nSPS) is 15.7. The van der Waals surface area contributed by atoms with Crippen LogP contribution in [-0.4, -0.2) is 70.7 Å². The molecule has 1 N–H and O–H groups in total. The van der Waals surface area contributed by atoms with Gasteiger partial charge in [-0.1, -0.05) is 0 Å². The van der Waals surface area contributed by atoms with E-state index in [-0.39, 0.29) is 11.8 Å². The number of carbonyl (C=O) groups is 2. The van der Waals surface area contributed by atoms with Gasteiger partial charge < -0.3 is 10.2 Å². The lowest BCUT2D eigenvalue weighted by molar-refractivity contribution is -0.131. The number of aryl methyl sites for hydroxylation is 3. The fourth-order valence-electron chi connectivity index (χ4n) is 2.84. The minimum Gasteiger partial charge on any atom is -0.355 e. The summed E-state index contributed by atoms with van der Waals surface area (Å²) in [4.78, 5) is 27.1. The third-order valence-corrected chi connectivity index (χ3v) is 4.16. The molecule has 2 rings (SSSR count). The Morgan fingerprint density at radius 3 is 2.48 bits per heavy atom. The van der Waals surface area contributed by atoms with Crippen molar-refractivity contribution in [3.8, 4) is 0 Å². The molecule has 1 aliphatic rings. The molecule has 7 nitrogen and oxygen atoms in total. The summed E-state index contributed by atoms with van der Waals surface area (Å²) >= 11 is 0. The Kier molecular flexibility index (Phi) is 6.15. The number of rotatable bonds is 6. The minimum absolute atomic E-state index is 0.0506. The number of piperazine rings is 1. The minimum atomic E-state index is 0.0506. The first-order chi connectivity index (χ1) is 11.0. The molecule has 0 atom stereocenters. The molecule has 0 aromatic carbocycles. The summed E-state index contributed by atoms with van der Waals surface area (Å²) in [5.74, 6) is 0.160. The Morgan fingerprint density at radius 2 is 1.91 bits per heavy atom. The molecule has 1 aromatic heterocycles. The van der Waals surface area contributed by atoms with Gasteiger partial charge in [-0.15, -0.1) is 0 Å². The van der Waals surface area contributed by atoms with Gasteiger partial charge >= 0.3 is 0 Å². The molecule has 1 fully saturated rings. The van der Waals surface area contributed by atoms with Gasteiger partial charge in [0.1, 0.15) is 0 Å². The van der Waals surface area contributed by atoms with Gasteiger partial charge in [-0.25, -0.2) is 0 Å². The summed E-state index contributed by atoms with van der Waals surface area (Å²) in [6.45, 7) is 10.4. The summed E-state index contributed by atoms with van der Waals surface area (Å²) in [7, 11) is 0. The van der Waals surface area contributed by atoms with E-state index >= 15 is 0 Å². The Balaban J connectivity index is 1.60. The van der Waals surface area contributed by atoms with Gasteiger partial charge in [0, 0.05) is 51.9 Å². The third kappa shape index (κ3) is 5.35. The molecular formula is C16H27N5O2. The Hall–Kier alpha value is -1.89.